The molecule has 8 heteroatoms. The number of hydrogen-bond donors (Lipinski definition) is 1. The lowest BCUT2D eigenvalue weighted by Crippen LogP contribution is -2.21. The van der Waals surface area contributed by atoms with E-state index in [-0.39, 0.29) is 12.1 Å². The van der Waals surface area contributed by atoms with Crippen molar-refractivity contribution in [3.8, 4) is 0 Å². The van der Waals surface area contributed by atoms with Crippen molar-refractivity contribution in [3.05, 3.63) is 75.3 Å². The molecule has 0 spiro atoms. The van der Waals surface area contributed by atoms with E-state index in [0.29, 0.717) is 5.46 Å². The highest BCUT2D eigenvalue weighted by Crippen LogP contribution is 2.21. The lowest BCUT2D eigenvalue weighted by Gasteiger charge is -2.14. The van der Waals surface area contributed by atoms with E-state index in [0.717, 1.165) is 22.9 Å². The monoisotopic (exact) mass is 345 g/mol. The summed E-state index contributed by atoms with van der Waals surface area (Å²) in [7, 11) is 1.69. The van der Waals surface area contributed by atoms with Gasteiger partial charge in [-0.05, 0) is 18.2 Å². The van der Waals surface area contributed by atoms with Gasteiger partial charge in [0.25, 0.3) is 0 Å². The van der Waals surface area contributed by atoms with E-state index < -0.39 is 45.3 Å². The molecule has 0 aliphatic rings. The summed E-state index contributed by atoms with van der Waals surface area (Å²) >= 11 is 0. The summed E-state index contributed by atoms with van der Waals surface area (Å²) in [5.74, 6) is -4.09. The average Bonchev–Trinajstić information content (AvgIpc) is 2.54. The summed E-state index contributed by atoms with van der Waals surface area (Å²) in [4.78, 5) is 23.5. The molecule has 0 aliphatic heterocycles. The van der Waals surface area contributed by atoms with E-state index in [9.17, 15) is 22.8 Å². The molecule has 1 aromatic heterocycles. The molecule has 0 radical (unpaired) electrons. The molecule has 0 aliphatic carbocycles. The topological polar surface area (TPSA) is 59.3 Å². The number of nitrogens with zero attached hydrogens (tertiary/aromatic N) is 1. The summed E-state index contributed by atoms with van der Waals surface area (Å²) < 4.78 is 43.4. The number of aromatic carboxylic acids is 1. The maximum absolute atomic E-state index is 14.2. The Hall–Kier alpha value is -3.03. The van der Waals surface area contributed by atoms with E-state index >= 15 is 0 Å². The Morgan fingerprint density at radius 3 is 2.40 bits per heavy atom. The highest BCUT2D eigenvalue weighted by molar-refractivity contribution is 6.32. The molecule has 0 fully saturated rings. The van der Waals surface area contributed by atoms with Gasteiger partial charge in [0, 0.05) is 11.8 Å². The fraction of sp³-hybridized carbons (Fsp3) is 0.0588. The number of carbonyl (C=O) groups is 1. The van der Waals surface area contributed by atoms with Crippen LogP contribution in [0.1, 0.15) is 15.9 Å². The molecule has 126 valence electrons. The SMILES string of the molecule is Bc1ccc(Cn2cc(C(=O)O)c(=O)c3c(F)ccc(F)c32)c(F)c1. The summed E-state index contributed by atoms with van der Waals surface area (Å²) in [5.41, 5.74) is -1.43. The molecule has 4 nitrogen and oxygen atoms in total. The maximum Gasteiger partial charge on any atom is 0.341 e. The van der Waals surface area contributed by atoms with Crippen LogP contribution in [-0.2, 0) is 6.54 Å². The van der Waals surface area contributed by atoms with Gasteiger partial charge in [0.1, 0.15) is 30.9 Å². The zero-order valence-electron chi connectivity index (χ0n) is 13.0. The number of benzene rings is 2. The molecule has 2 aromatic carbocycles. The molecule has 3 rings (SSSR count). The summed E-state index contributed by atoms with van der Waals surface area (Å²) in [6, 6.07) is 5.96. The molecular weight excluding hydrogens is 334 g/mol. The second-order valence-corrected chi connectivity index (χ2v) is 5.65. The van der Waals surface area contributed by atoms with Crippen LogP contribution in [0.4, 0.5) is 13.2 Å². The first-order chi connectivity index (χ1) is 11.8. The Morgan fingerprint density at radius 2 is 1.76 bits per heavy atom. The van der Waals surface area contributed by atoms with Crippen molar-refractivity contribution in [2.24, 2.45) is 0 Å². The maximum atomic E-state index is 14.2. The van der Waals surface area contributed by atoms with Crippen LogP contribution in [0.3, 0.4) is 0 Å². The molecule has 3 aromatic rings. The van der Waals surface area contributed by atoms with Crippen molar-refractivity contribution in [1.29, 1.82) is 0 Å². The molecule has 0 bridgehead atoms. The van der Waals surface area contributed by atoms with Crippen LogP contribution in [0.5, 0.6) is 0 Å². The second-order valence-electron chi connectivity index (χ2n) is 5.65. The summed E-state index contributed by atoms with van der Waals surface area (Å²) in [5, 5.41) is 8.49. The normalized spacial score (nSPS) is 11.0. The van der Waals surface area contributed by atoms with Gasteiger partial charge in [-0.1, -0.05) is 17.6 Å². The Morgan fingerprint density at radius 1 is 1.08 bits per heavy atom. The first kappa shape index (κ1) is 16.8. The Labute approximate surface area is 140 Å². The minimum atomic E-state index is -1.58. The fourth-order valence-electron chi connectivity index (χ4n) is 2.69. The Kier molecular flexibility index (Phi) is 4.12. The molecule has 25 heavy (non-hydrogen) atoms. The number of aromatic nitrogens is 1. The zero-order chi connectivity index (χ0) is 18.3. The van der Waals surface area contributed by atoms with Crippen molar-refractivity contribution >= 4 is 30.2 Å². The first-order valence-corrected chi connectivity index (χ1v) is 7.29. The van der Waals surface area contributed by atoms with Gasteiger partial charge in [-0.3, -0.25) is 4.79 Å². The third-order valence-electron chi connectivity index (χ3n) is 3.90. The van der Waals surface area contributed by atoms with Crippen molar-refractivity contribution in [2.75, 3.05) is 0 Å². The molecule has 0 saturated heterocycles. The molecule has 0 amide bonds. The van der Waals surface area contributed by atoms with Gasteiger partial charge >= 0.3 is 5.97 Å². The van der Waals surface area contributed by atoms with E-state index in [4.69, 9.17) is 5.11 Å². The minimum Gasteiger partial charge on any atom is -0.477 e. The lowest BCUT2D eigenvalue weighted by molar-refractivity contribution is 0.0695. The van der Waals surface area contributed by atoms with Gasteiger partial charge in [0.2, 0.25) is 5.43 Å². The van der Waals surface area contributed by atoms with E-state index in [1.165, 1.54) is 12.1 Å². The highest BCUT2D eigenvalue weighted by Gasteiger charge is 2.20. The summed E-state index contributed by atoms with van der Waals surface area (Å²) in [6.45, 7) is -0.260. The number of carboxylic acid groups (broad SMARTS) is 1. The number of hydrogen-bond acceptors (Lipinski definition) is 2. The standard InChI is InChI=1S/C17H11BF3NO3/c18-9-2-1-8(13(21)5-9)6-22-7-10(17(24)25)16(23)14-11(19)3-4-12(20)15(14)22/h1-5,7H,6,18H2,(H,24,25). The minimum absolute atomic E-state index is 0.149. The zero-order valence-corrected chi connectivity index (χ0v) is 13.0. The Balaban J connectivity index is 2.33. The highest BCUT2D eigenvalue weighted by atomic mass is 19.1. The van der Waals surface area contributed by atoms with Crippen LogP contribution in [0.25, 0.3) is 10.9 Å². The van der Waals surface area contributed by atoms with Crippen LogP contribution < -0.4 is 10.9 Å². The van der Waals surface area contributed by atoms with Crippen LogP contribution in [0, 0.1) is 17.5 Å². The Bertz CT molecular complexity index is 1080. The number of halogens is 3. The van der Waals surface area contributed by atoms with Gasteiger partial charge in [-0.25, -0.2) is 18.0 Å². The number of pyridine rings is 1. The van der Waals surface area contributed by atoms with Gasteiger partial charge in [0.05, 0.1) is 17.4 Å². The quantitative estimate of drug-likeness (QED) is 0.731. The largest absolute Gasteiger partial charge is 0.477 e. The van der Waals surface area contributed by atoms with E-state index in [1.54, 1.807) is 13.9 Å². The van der Waals surface area contributed by atoms with Gasteiger partial charge in [-0.2, -0.15) is 0 Å². The molecule has 1 heterocycles. The molecule has 0 saturated carbocycles. The third kappa shape index (κ3) is 2.91. The van der Waals surface area contributed by atoms with Gasteiger partial charge in [-0.15, -0.1) is 0 Å². The van der Waals surface area contributed by atoms with Crippen LogP contribution in [-0.4, -0.2) is 23.5 Å². The second kappa shape index (κ2) is 6.12. The van der Waals surface area contributed by atoms with Crippen molar-refractivity contribution < 1.29 is 23.1 Å². The smallest absolute Gasteiger partial charge is 0.341 e. The van der Waals surface area contributed by atoms with Crippen LogP contribution in [0.2, 0.25) is 0 Å². The van der Waals surface area contributed by atoms with Gasteiger partial charge < -0.3 is 9.67 Å². The molecule has 0 unspecified atom stereocenters. The number of fused-ring (bicyclic) bond motifs is 1. The van der Waals surface area contributed by atoms with Crippen molar-refractivity contribution in [2.45, 2.75) is 6.54 Å². The predicted octanol–water partition coefficient (Wildman–Crippen LogP) is 1.42. The molecule has 1 N–H and O–H groups in total. The van der Waals surface area contributed by atoms with E-state index in [2.05, 4.69) is 0 Å². The lowest BCUT2D eigenvalue weighted by atomic mass is 9.95. The van der Waals surface area contributed by atoms with Gasteiger partial charge in [0.15, 0.2) is 0 Å². The average molecular weight is 345 g/mol. The van der Waals surface area contributed by atoms with Crippen molar-refractivity contribution in [3.63, 3.8) is 0 Å². The summed E-state index contributed by atoms with van der Waals surface area (Å²) in [6.07, 6.45) is 0.898. The molecule has 0 atom stereocenters. The predicted molar refractivity (Wildman–Crippen MR) is 88.8 cm³/mol. The number of carboxylic acids is 1. The third-order valence-corrected chi connectivity index (χ3v) is 3.90. The van der Waals surface area contributed by atoms with Crippen LogP contribution in [0.15, 0.2) is 41.3 Å². The van der Waals surface area contributed by atoms with E-state index in [1.807, 2.05) is 0 Å². The fourth-order valence-corrected chi connectivity index (χ4v) is 2.69. The molecular formula is C17H11BF3NO3. The van der Waals surface area contributed by atoms with Crippen LogP contribution >= 0.6 is 0 Å². The number of rotatable bonds is 3. The first-order valence-electron chi connectivity index (χ1n) is 7.29. The van der Waals surface area contributed by atoms with Crippen molar-refractivity contribution in [1.82, 2.24) is 4.57 Å².